The van der Waals surface area contributed by atoms with Crippen molar-refractivity contribution >= 4 is 49.0 Å². The molecule has 0 radical (unpaired) electrons. The van der Waals surface area contributed by atoms with Crippen molar-refractivity contribution in [2.75, 3.05) is 10.0 Å². The lowest BCUT2D eigenvalue weighted by Gasteiger charge is -2.07. The Bertz CT molecular complexity index is 1650. The fourth-order valence-corrected chi connectivity index (χ4v) is 5.50. The van der Waals surface area contributed by atoms with Crippen molar-refractivity contribution in [3.63, 3.8) is 0 Å². The number of aromatic nitrogens is 3. The molecular weight excluding hydrogens is 493 g/mol. The van der Waals surface area contributed by atoms with E-state index in [4.69, 9.17) is 4.52 Å². The van der Waals surface area contributed by atoms with E-state index in [1.807, 2.05) is 6.92 Å². The molecule has 0 atom stereocenters. The number of hydrogen-bond donors (Lipinski definition) is 2. The van der Waals surface area contributed by atoms with Crippen LogP contribution in [0, 0.1) is 19.7 Å². The summed E-state index contributed by atoms with van der Waals surface area (Å²) in [5.74, 6) is -0.132. The van der Waals surface area contributed by atoms with Crippen LogP contribution < -0.4 is 10.0 Å². The summed E-state index contributed by atoms with van der Waals surface area (Å²) in [6, 6.07) is 14.9. The first kappa shape index (κ1) is 22.7. The number of nitrogens with one attached hydrogen (secondary N) is 2. The minimum atomic E-state index is -3.86. The number of sulfonamides is 1. The second-order valence-electron chi connectivity index (χ2n) is 7.71. The molecule has 5 rings (SSSR count). The highest BCUT2D eigenvalue weighted by atomic mass is 32.2. The van der Waals surface area contributed by atoms with Gasteiger partial charge in [0.05, 0.1) is 21.2 Å². The number of anilines is 2. The van der Waals surface area contributed by atoms with E-state index in [-0.39, 0.29) is 22.4 Å². The number of carbonyl (C=O) groups excluding carboxylic acids is 1. The van der Waals surface area contributed by atoms with E-state index in [0.717, 1.165) is 15.9 Å². The Morgan fingerprint density at radius 2 is 1.77 bits per heavy atom. The van der Waals surface area contributed by atoms with Gasteiger partial charge in [-0.1, -0.05) is 5.16 Å². The van der Waals surface area contributed by atoms with Gasteiger partial charge >= 0.3 is 0 Å². The molecule has 2 aromatic carbocycles. The van der Waals surface area contributed by atoms with Gasteiger partial charge in [-0.2, -0.15) is 5.10 Å². The van der Waals surface area contributed by atoms with Crippen LogP contribution in [0.25, 0.3) is 15.9 Å². The third-order valence-corrected chi connectivity index (χ3v) is 7.61. The number of fused-ring (bicyclic) bond motifs is 1. The van der Waals surface area contributed by atoms with Crippen molar-refractivity contribution in [3.8, 4) is 5.69 Å². The molecule has 5 aromatic rings. The van der Waals surface area contributed by atoms with Crippen molar-refractivity contribution < 1.29 is 22.1 Å². The molecule has 0 unspecified atom stereocenters. The zero-order chi connectivity index (χ0) is 24.7. The zero-order valence-electron chi connectivity index (χ0n) is 18.4. The van der Waals surface area contributed by atoms with Gasteiger partial charge in [0.25, 0.3) is 15.9 Å². The molecule has 0 fully saturated rings. The standard InChI is InChI=1S/C23H18FN5O4S2/c1-13-11-21(27-33-13)28-35(31,32)18-9-5-16(6-10-18)25-22(30)20-12-19-14(2)26-29(23(19)34-20)17-7-3-15(24)4-8-17/h3-12H,1-2H3,(H,25,30)(H,27,28). The van der Waals surface area contributed by atoms with E-state index in [1.54, 1.807) is 29.8 Å². The number of halogens is 1. The smallest absolute Gasteiger partial charge is 0.265 e. The number of amides is 1. The first-order valence-corrected chi connectivity index (χ1v) is 12.6. The lowest BCUT2D eigenvalue weighted by atomic mass is 10.3. The Morgan fingerprint density at radius 1 is 1.06 bits per heavy atom. The summed E-state index contributed by atoms with van der Waals surface area (Å²) in [7, 11) is -3.86. The summed E-state index contributed by atoms with van der Waals surface area (Å²) < 4.78 is 47.2. The van der Waals surface area contributed by atoms with Gasteiger partial charge in [-0.3, -0.25) is 9.52 Å². The van der Waals surface area contributed by atoms with Crippen LogP contribution in [0.2, 0.25) is 0 Å². The van der Waals surface area contributed by atoms with Crippen LogP contribution in [0.4, 0.5) is 15.9 Å². The van der Waals surface area contributed by atoms with E-state index >= 15 is 0 Å². The fraction of sp³-hybridized carbons (Fsp3) is 0.0870. The summed E-state index contributed by atoms with van der Waals surface area (Å²) >= 11 is 1.25. The maximum Gasteiger partial charge on any atom is 0.265 e. The number of rotatable bonds is 6. The molecule has 35 heavy (non-hydrogen) atoms. The number of hydrogen-bond acceptors (Lipinski definition) is 7. The van der Waals surface area contributed by atoms with Gasteiger partial charge in [0.15, 0.2) is 5.82 Å². The SMILES string of the molecule is Cc1cc(NS(=O)(=O)c2ccc(NC(=O)c3cc4c(C)nn(-c5ccc(F)cc5)c4s3)cc2)no1. The van der Waals surface area contributed by atoms with Gasteiger partial charge in [0.2, 0.25) is 0 Å². The van der Waals surface area contributed by atoms with E-state index in [0.29, 0.717) is 22.0 Å². The van der Waals surface area contributed by atoms with Gasteiger partial charge in [0.1, 0.15) is 16.4 Å². The van der Waals surface area contributed by atoms with Crippen molar-refractivity contribution in [1.82, 2.24) is 14.9 Å². The molecule has 1 amide bonds. The summed E-state index contributed by atoms with van der Waals surface area (Å²) in [6.45, 7) is 3.49. The molecule has 2 N–H and O–H groups in total. The largest absolute Gasteiger partial charge is 0.360 e. The van der Waals surface area contributed by atoms with Crippen LogP contribution in [0.15, 0.2) is 70.1 Å². The molecule has 3 aromatic heterocycles. The zero-order valence-corrected chi connectivity index (χ0v) is 20.1. The van der Waals surface area contributed by atoms with Gasteiger partial charge < -0.3 is 9.84 Å². The first-order valence-electron chi connectivity index (χ1n) is 10.3. The number of thiophene rings is 1. The van der Waals surface area contributed by atoms with Crippen molar-refractivity contribution in [2.45, 2.75) is 18.7 Å². The van der Waals surface area contributed by atoms with E-state index < -0.39 is 10.0 Å². The second kappa shape index (κ2) is 8.64. The van der Waals surface area contributed by atoms with Crippen molar-refractivity contribution in [2.24, 2.45) is 0 Å². The monoisotopic (exact) mass is 511 g/mol. The van der Waals surface area contributed by atoms with Crippen LogP contribution in [-0.4, -0.2) is 29.3 Å². The minimum Gasteiger partial charge on any atom is -0.360 e. The highest BCUT2D eigenvalue weighted by molar-refractivity contribution is 7.92. The molecule has 9 nitrogen and oxygen atoms in total. The normalized spacial score (nSPS) is 11.6. The lowest BCUT2D eigenvalue weighted by Crippen LogP contribution is -2.14. The van der Waals surface area contributed by atoms with Crippen LogP contribution in [0.5, 0.6) is 0 Å². The predicted octanol–water partition coefficient (Wildman–Crippen LogP) is 4.88. The van der Waals surface area contributed by atoms with E-state index in [1.165, 1.54) is 53.8 Å². The molecule has 0 saturated carbocycles. The summed E-state index contributed by atoms with van der Waals surface area (Å²) in [6.07, 6.45) is 0. The van der Waals surface area contributed by atoms with Crippen LogP contribution in [-0.2, 0) is 10.0 Å². The fourth-order valence-electron chi connectivity index (χ4n) is 3.44. The molecule has 0 saturated heterocycles. The topological polar surface area (TPSA) is 119 Å². The lowest BCUT2D eigenvalue weighted by molar-refractivity contribution is 0.103. The average Bonchev–Trinajstić information content (AvgIpc) is 3.51. The number of aryl methyl sites for hydroxylation is 2. The molecule has 0 aliphatic heterocycles. The van der Waals surface area contributed by atoms with E-state index in [9.17, 15) is 17.6 Å². The Hall–Kier alpha value is -4.03. The van der Waals surface area contributed by atoms with Gasteiger partial charge in [-0.25, -0.2) is 17.5 Å². The maximum atomic E-state index is 13.3. The third-order valence-electron chi connectivity index (χ3n) is 5.13. The van der Waals surface area contributed by atoms with Crippen LogP contribution >= 0.6 is 11.3 Å². The molecular formula is C23H18FN5O4S2. The molecule has 178 valence electrons. The number of benzene rings is 2. The minimum absolute atomic E-state index is 0.00743. The van der Waals surface area contributed by atoms with Crippen molar-refractivity contribution in [1.29, 1.82) is 0 Å². The summed E-state index contributed by atoms with van der Waals surface area (Å²) in [5, 5.41) is 11.7. The van der Waals surface area contributed by atoms with Gasteiger partial charge in [0, 0.05) is 17.1 Å². The highest BCUT2D eigenvalue weighted by Gasteiger charge is 2.19. The number of nitrogens with zero attached hydrogens (tertiary/aromatic N) is 3. The molecule has 3 heterocycles. The van der Waals surface area contributed by atoms with Crippen LogP contribution in [0.1, 0.15) is 21.1 Å². The molecule has 0 spiro atoms. The highest BCUT2D eigenvalue weighted by Crippen LogP contribution is 2.31. The maximum absolute atomic E-state index is 13.3. The Morgan fingerprint density at radius 3 is 2.43 bits per heavy atom. The molecule has 0 aliphatic carbocycles. The van der Waals surface area contributed by atoms with Crippen LogP contribution in [0.3, 0.4) is 0 Å². The van der Waals surface area contributed by atoms with Gasteiger partial charge in [-0.15, -0.1) is 11.3 Å². The third kappa shape index (κ3) is 4.53. The molecule has 0 aliphatic rings. The average molecular weight is 512 g/mol. The first-order chi connectivity index (χ1) is 16.7. The summed E-state index contributed by atoms with van der Waals surface area (Å²) in [4.78, 5) is 14.1. The second-order valence-corrected chi connectivity index (χ2v) is 10.4. The Labute approximate surface area is 203 Å². The van der Waals surface area contributed by atoms with Crippen molar-refractivity contribution in [3.05, 3.63) is 82.8 Å². The molecule has 0 bridgehead atoms. The summed E-state index contributed by atoms with van der Waals surface area (Å²) in [5.41, 5.74) is 1.86. The van der Waals surface area contributed by atoms with Gasteiger partial charge in [-0.05, 0) is 68.4 Å². The molecule has 12 heteroatoms. The van der Waals surface area contributed by atoms with E-state index in [2.05, 4.69) is 20.3 Å². The number of carbonyl (C=O) groups is 1. The predicted molar refractivity (Wildman–Crippen MR) is 130 cm³/mol. The quantitative estimate of drug-likeness (QED) is 0.335. The Balaban J connectivity index is 1.34. The Kier molecular flexibility index (Phi) is 5.61.